The predicted molar refractivity (Wildman–Crippen MR) is 77.7 cm³/mol. The van der Waals surface area contributed by atoms with E-state index in [1.54, 1.807) is 0 Å². The second kappa shape index (κ2) is 5.10. The fourth-order valence-electron chi connectivity index (χ4n) is 3.82. The number of nitrogens with zero attached hydrogens (tertiary/aromatic N) is 2. The van der Waals surface area contributed by atoms with Gasteiger partial charge >= 0.3 is 0 Å². The highest BCUT2D eigenvalue weighted by molar-refractivity contribution is 5.01. The minimum Gasteiger partial charge on any atom is -0.329 e. The molecule has 1 heterocycles. The summed E-state index contributed by atoms with van der Waals surface area (Å²) in [5.74, 6) is 0. The molecule has 106 valence electrons. The van der Waals surface area contributed by atoms with E-state index in [9.17, 15) is 0 Å². The molecule has 1 unspecified atom stereocenters. The van der Waals surface area contributed by atoms with Gasteiger partial charge in [-0.05, 0) is 58.2 Å². The molecule has 0 aromatic carbocycles. The molecule has 1 atom stereocenters. The van der Waals surface area contributed by atoms with Gasteiger partial charge in [-0.15, -0.1) is 0 Å². The van der Waals surface area contributed by atoms with E-state index in [0.717, 1.165) is 19.1 Å². The Labute approximate surface area is 113 Å². The van der Waals surface area contributed by atoms with Gasteiger partial charge in [0.15, 0.2) is 0 Å². The smallest absolute Gasteiger partial charge is 0.0470 e. The van der Waals surface area contributed by atoms with E-state index in [2.05, 4.69) is 37.7 Å². The van der Waals surface area contributed by atoms with Crippen molar-refractivity contribution in [2.24, 2.45) is 11.1 Å². The first-order valence-electron chi connectivity index (χ1n) is 7.50. The lowest BCUT2D eigenvalue weighted by Crippen LogP contribution is -2.58. The average Bonchev–Trinajstić information content (AvgIpc) is 2.71. The third-order valence-electron chi connectivity index (χ3n) is 5.51. The van der Waals surface area contributed by atoms with Crippen LogP contribution in [0.3, 0.4) is 0 Å². The monoisotopic (exact) mass is 253 g/mol. The molecule has 2 N–H and O–H groups in total. The quantitative estimate of drug-likeness (QED) is 0.834. The van der Waals surface area contributed by atoms with Crippen molar-refractivity contribution >= 4 is 0 Å². The van der Waals surface area contributed by atoms with Gasteiger partial charge in [0.2, 0.25) is 0 Å². The number of likely N-dealkylation sites (N-methyl/N-ethyl adjacent to an activating group) is 2. The van der Waals surface area contributed by atoms with Crippen LogP contribution in [0.15, 0.2) is 0 Å². The first kappa shape index (κ1) is 14.3. The van der Waals surface area contributed by atoms with Gasteiger partial charge in [-0.25, -0.2) is 0 Å². The lowest BCUT2D eigenvalue weighted by molar-refractivity contribution is 0.0421. The number of rotatable bonds is 3. The number of nitrogens with two attached hydrogens (primary N) is 1. The Balaban J connectivity index is 2.00. The lowest BCUT2D eigenvalue weighted by atomic mass is 9.74. The topological polar surface area (TPSA) is 32.5 Å². The zero-order valence-corrected chi connectivity index (χ0v) is 12.7. The molecule has 0 amide bonds. The van der Waals surface area contributed by atoms with E-state index in [-0.39, 0.29) is 5.54 Å². The molecule has 0 bridgehead atoms. The minimum absolute atomic E-state index is 0.237. The average molecular weight is 253 g/mol. The van der Waals surface area contributed by atoms with Crippen molar-refractivity contribution in [2.75, 3.05) is 33.7 Å². The van der Waals surface area contributed by atoms with E-state index in [1.165, 1.54) is 38.6 Å². The van der Waals surface area contributed by atoms with Gasteiger partial charge < -0.3 is 10.6 Å². The molecule has 0 aromatic rings. The van der Waals surface area contributed by atoms with Gasteiger partial charge in [-0.3, -0.25) is 4.90 Å². The van der Waals surface area contributed by atoms with Crippen LogP contribution in [0.25, 0.3) is 0 Å². The molecule has 3 nitrogen and oxygen atoms in total. The Bertz CT molecular complexity index is 279. The van der Waals surface area contributed by atoms with Crippen LogP contribution in [-0.4, -0.2) is 55.1 Å². The Kier molecular flexibility index (Phi) is 4.05. The summed E-state index contributed by atoms with van der Waals surface area (Å²) in [7, 11) is 4.53. The molecular formula is C15H31N3. The van der Waals surface area contributed by atoms with Crippen LogP contribution in [0.1, 0.15) is 46.0 Å². The van der Waals surface area contributed by atoms with E-state index < -0.39 is 0 Å². The molecule has 2 fully saturated rings. The van der Waals surface area contributed by atoms with Gasteiger partial charge in [0.25, 0.3) is 0 Å². The summed E-state index contributed by atoms with van der Waals surface area (Å²) in [5, 5.41) is 0. The largest absolute Gasteiger partial charge is 0.329 e. The van der Waals surface area contributed by atoms with Gasteiger partial charge in [0, 0.05) is 24.7 Å². The molecule has 1 aliphatic heterocycles. The van der Waals surface area contributed by atoms with Crippen LogP contribution in [0.5, 0.6) is 0 Å². The SMILES string of the molecule is CN1CCC(CN)(N(C)C2CCC(C)(C)CC2)C1. The molecule has 1 saturated carbocycles. The minimum atomic E-state index is 0.237. The maximum atomic E-state index is 6.12. The number of hydrogen-bond acceptors (Lipinski definition) is 3. The van der Waals surface area contributed by atoms with Crippen molar-refractivity contribution in [1.82, 2.24) is 9.80 Å². The van der Waals surface area contributed by atoms with Crippen LogP contribution >= 0.6 is 0 Å². The third kappa shape index (κ3) is 2.73. The van der Waals surface area contributed by atoms with E-state index >= 15 is 0 Å². The Morgan fingerprint density at radius 3 is 2.28 bits per heavy atom. The fourth-order valence-corrected chi connectivity index (χ4v) is 3.82. The van der Waals surface area contributed by atoms with Crippen LogP contribution in [0.2, 0.25) is 0 Å². The van der Waals surface area contributed by atoms with Gasteiger partial charge in [0.1, 0.15) is 0 Å². The summed E-state index contributed by atoms with van der Waals surface area (Å²) >= 11 is 0. The molecule has 1 aliphatic carbocycles. The van der Waals surface area contributed by atoms with E-state index in [0.29, 0.717) is 5.41 Å². The molecule has 0 radical (unpaired) electrons. The summed E-state index contributed by atoms with van der Waals surface area (Å²) in [6.45, 7) is 7.95. The highest BCUT2D eigenvalue weighted by atomic mass is 15.3. The second-order valence-electron chi connectivity index (χ2n) is 7.42. The summed E-state index contributed by atoms with van der Waals surface area (Å²) in [4.78, 5) is 5.06. The maximum Gasteiger partial charge on any atom is 0.0470 e. The highest BCUT2D eigenvalue weighted by Gasteiger charge is 2.43. The van der Waals surface area contributed by atoms with E-state index in [1.807, 2.05) is 0 Å². The van der Waals surface area contributed by atoms with Crippen molar-refractivity contribution < 1.29 is 0 Å². The van der Waals surface area contributed by atoms with Gasteiger partial charge in [0.05, 0.1) is 0 Å². The molecule has 2 aliphatic rings. The molecule has 1 saturated heterocycles. The zero-order valence-electron chi connectivity index (χ0n) is 12.7. The first-order valence-corrected chi connectivity index (χ1v) is 7.50. The number of hydrogen-bond donors (Lipinski definition) is 1. The Morgan fingerprint density at radius 1 is 1.22 bits per heavy atom. The molecular weight excluding hydrogens is 222 g/mol. The summed E-state index contributed by atoms with van der Waals surface area (Å²) in [6.07, 6.45) is 6.64. The fraction of sp³-hybridized carbons (Fsp3) is 1.00. The predicted octanol–water partition coefficient (Wildman–Crippen LogP) is 1.92. The summed E-state index contributed by atoms with van der Waals surface area (Å²) in [6, 6.07) is 0.744. The van der Waals surface area contributed by atoms with Crippen molar-refractivity contribution in [3.8, 4) is 0 Å². The zero-order chi connectivity index (χ0) is 13.4. The van der Waals surface area contributed by atoms with Crippen molar-refractivity contribution in [2.45, 2.75) is 57.5 Å². The third-order valence-corrected chi connectivity index (χ3v) is 5.51. The lowest BCUT2D eigenvalue weighted by Gasteiger charge is -2.46. The second-order valence-corrected chi connectivity index (χ2v) is 7.42. The summed E-state index contributed by atoms with van der Waals surface area (Å²) in [5.41, 5.74) is 6.92. The molecule has 3 heteroatoms. The molecule has 0 spiro atoms. The molecule has 2 rings (SSSR count). The van der Waals surface area contributed by atoms with E-state index in [4.69, 9.17) is 5.73 Å². The Hall–Kier alpha value is -0.120. The van der Waals surface area contributed by atoms with Gasteiger partial charge in [-0.2, -0.15) is 0 Å². The molecule has 18 heavy (non-hydrogen) atoms. The Morgan fingerprint density at radius 2 is 1.83 bits per heavy atom. The maximum absolute atomic E-state index is 6.12. The van der Waals surface area contributed by atoms with Crippen LogP contribution in [0, 0.1) is 5.41 Å². The van der Waals surface area contributed by atoms with Gasteiger partial charge in [-0.1, -0.05) is 13.8 Å². The van der Waals surface area contributed by atoms with Crippen molar-refractivity contribution in [3.05, 3.63) is 0 Å². The van der Waals surface area contributed by atoms with Crippen LogP contribution in [-0.2, 0) is 0 Å². The first-order chi connectivity index (χ1) is 8.38. The highest BCUT2D eigenvalue weighted by Crippen LogP contribution is 2.39. The van der Waals surface area contributed by atoms with Crippen LogP contribution in [0.4, 0.5) is 0 Å². The van der Waals surface area contributed by atoms with Crippen molar-refractivity contribution in [3.63, 3.8) is 0 Å². The summed E-state index contributed by atoms with van der Waals surface area (Å²) < 4.78 is 0. The van der Waals surface area contributed by atoms with Crippen molar-refractivity contribution in [1.29, 1.82) is 0 Å². The van der Waals surface area contributed by atoms with Crippen LogP contribution < -0.4 is 5.73 Å². The number of likely N-dealkylation sites (tertiary alicyclic amines) is 1. The normalized spacial score (nSPS) is 34.3. The standard InChI is InChI=1S/C15H31N3/c1-14(2)7-5-13(6-8-14)18(4)15(11-16)9-10-17(3)12-15/h13H,5-12,16H2,1-4H3. The molecule has 0 aromatic heterocycles.